The van der Waals surface area contributed by atoms with Crippen LogP contribution in [0.15, 0.2) is 42.1 Å². The molecule has 1 heterocycles. The highest BCUT2D eigenvalue weighted by atomic mass is 35.5. The average molecular weight is 353 g/mol. The topological polar surface area (TPSA) is 102 Å². The maximum Gasteiger partial charge on any atom is 0.321 e. The number of nitrogens with one attached hydrogen (secondary N) is 2. The van der Waals surface area contributed by atoms with Gasteiger partial charge in [-0.05, 0) is 34.7 Å². The molecule has 2 aromatic rings. The number of benzene rings is 1. The molecule has 1 aromatic heterocycles. The third-order valence-electron chi connectivity index (χ3n) is 2.50. The van der Waals surface area contributed by atoms with Crippen molar-refractivity contribution < 1.29 is 9.59 Å². The normalized spacial score (nSPS) is 10.1. The number of hydrogen-bond acceptors (Lipinski definition) is 6. The Morgan fingerprint density at radius 3 is 2.78 bits per heavy atom. The molecule has 120 valence electrons. The van der Waals surface area contributed by atoms with E-state index in [1.807, 2.05) is 0 Å². The van der Waals surface area contributed by atoms with Crippen molar-refractivity contribution in [1.82, 2.24) is 30.8 Å². The Kier molecular flexibility index (Phi) is 6.12. The summed E-state index contributed by atoms with van der Waals surface area (Å²) in [7, 11) is 0. The highest BCUT2D eigenvalue weighted by Gasteiger charge is 2.13. The summed E-state index contributed by atoms with van der Waals surface area (Å²) in [5.41, 5.74) is 0.714. The standard InChI is InChI=1S/C13H13ClN6O2S/c1-2-7-15-12(22)16-11(21)8-23-13-17-18-19-20(13)10-5-3-9(14)4-6-10/h2-6H,1,7-8H2,(H2,15,16,21,22). The number of thioether (sulfide) groups is 1. The molecule has 0 aliphatic rings. The maximum absolute atomic E-state index is 11.7. The lowest BCUT2D eigenvalue weighted by atomic mass is 10.3. The number of amides is 3. The molecule has 0 radical (unpaired) electrons. The second kappa shape index (κ2) is 8.30. The highest BCUT2D eigenvalue weighted by Crippen LogP contribution is 2.19. The molecule has 0 saturated heterocycles. The van der Waals surface area contributed by atoms with Gasteiger partial charge in [-0.3, -0.25) is 10.1 Å². The maximum atomic E-state index is 11.7. The van der Waals surface area contributed by atoms with E-state index in [0.29, 0.717) is 15.9 Å². The van der Waals surface area contributed by atoms with Crippen LogP contribution in [-0.4, -0.2) is 44.4 Å². The van der Waals surface area contributed by atoms with Gasteiger partial charge in [0.15, 0.2) is 0 Å². The lowest BCUT2D eigenvalue weighted by Gasteiger charge is -2.05. The number of urea groups is 1. The monoisotopic (exact) mass is 352 g/mol. The molecule has 0 spiro atoms. The van der Waals surface area contributed by atoms with Crippen molar-refractivity contribution in [2.45, 2.75) is 5.16 Å². The van der Waals surface area contributed by atoms with Crippen LogP contribution in [0.3, 0.4) is 0 Å². The van der Waals surface area contributed by atoms with E-state index in [9.17, 15) is 9.59 Å². The van der Waals surface area contributed by atoms with Gasteiger partial charge in [-0.2, -0.15) is 4.68 Å². The van der Waals surface area contributed by atoms with E-state index >= 15 is 0 Å². The minimum absolute atomic E-state index is 0.00449. The second-order valence-electron chi connectivity index (χ2n) is 4.19. The molecule has 0 saturated carbocycles. The van der Waals surface area contributed by atoms with Crippen molar-refractivity contribution in [2.75, 3.05) is 12.3 Å². The van der Waals surface area contributed by atoms with Gasteiger partial charge in [0, 0.05) is 11.6 Å². The fourth-order valence-corrected chi connectivity index (χ4v) is 2.33. The van der Waals surface area contributed by atoms with E-state index in [4.69, 9.17) is 11.6 Å². The molecule has 3 amide bonds. The first-order valence-corrected chi connectivity index (χ1v) is 7.82. The number of carbonyl (C=O) groups excluding carboxylic acids is 2. The van der Waals surface area contributed by atoms with Gasteiger partial charge < -0.3 is 5.32 Å². The number of halogens is 1. The van der Waals surface area contributed by atoms with E-state index in [2.05, 4.69) is 32.7 Å². The van der Waals surface area contributed by atoms with Gasteiger partial charge in [-0.15, -0.1) is 11.7 Å². The molecular weight excluding hydrogens is 340 g/mol. The van der Waals surface area contributed by atoms with E-state index in [1.54, 1.807) is 24.3 Å². The van der Waals surface area contributed by atoms with Crippen molar-refractivity contribution in [3.63, 3.8) is 0 Å². The highest BCUT2D eigenvalue weighted by molar-refractivity contribution is 7.99. The van der Waals surface area contributed by atoms with Crippen LogP contribution in [0.25, 0.3) is 5.69 Å². The van der Waals surface area contributed by atoms with Crippen LogP contribution in [0.4, 0.5) is 4.79 Å². The summed E-state index contributed by atoms with van der Waals surface area (Å²) >= 11 is 6.95. The third-order valence-corrected chi connectivity index (χ3v) is 3.68. The van der Waals surface area contributed by atoms with E-state index < -0.39 is 11.9 Å². The SMILES string of the molecule is C=CCNC(=O)NC(=O)CSc1nnnn1-c1ccc(Cl)cc1. The van der Waals surface area contributed by atoms with Crippen molar-refractivity contribution in [2.24, 2.45) is 0 Å². The van der Waals surface area contributed by atoms with E-state index in [1.165, 1.54) is 10.8 Å². The summed E-state index contributed by atoms with van der Waals surface area (Å²) in [4.78, 5) is 23.0. The smallest absolute Gasteiger partial charge is 0.321 e. The van der Waals surface area contributed by atoms with Crippen molar-refractivity contribution in [3.8, 4) is 5.69 Å². The Balaban J connectivity index is 1.93. The number of imide groups is 1. The molecule has 1 aromatic carbocycles. The Bertz CT molecular complexity index is 703. The Labute approximate surface area is 141 Å². The zero-order valence-electron chi connectivity index (χ0n) is 11.9. The molecule has 23 heavy (non-hydrogen) atoms. The summed E-state index contributed by atoms with van der Waals surface area (Å²) in [6.07, 6.45) is 1.51. The number of nitrogens with zero attached hydrogens (tertiary/aromatic N) is 4. The zero-order valence-corrected chi connectivity index (χ0v) is 13.5. The third kappa shape index (κ3) is 5.08. The number of hydrogen-bond donors (Lipinski definition) is 2. The summed E-state index contributed by atoms with van der Waals surface area (Å²) in [5.74, 6) is -0.461. The van der Waals surface area contributed by atoms with Crippen molar-refractivity contribution >= 4 is 35.3 Å². The largest absolute Gasteiger partial charge is 0.334 e. The minimum atomic E-state index is -0.576. The van der Waals surface area contributed by atoms with E-state index in [-0.39, 0.29) is 12.3 Å². The quantitative estimate of drug-likeness (QED) is 0.602. The number of carbonyl (C=O) groups is 2. The molecule has 2 N–H and O–H groups in total. The van der Waals surface area contributed by atoms with Crippen LogP contribution in [0.5, 0.6) is 0 Å². The van der Waals surface area contributed by atoms with Crippen LogP contribution in [-0.2, 0) is 4.79 Å². The summed E-state index contributed by atoms with van der Waals surface area (Å²) in [5, 5.41) is 17.0. The second-order valence-corrected chi connectivity index (χ2v) is 5.56. The summed E-state index contributed by atoms with van der Waals surface area (Å²) in [6.45, 7) is 3.74. The fraction of sp³-hybridized carbons (Fsp3) is 0.154. The fourth-order valence-electron chi connectivity index (χ4n) is 1.52. The first-order valence-electron chi connectivity index (χ1n) is 6.46. The van der Waals surface area contributed by atoms with Gasteiger partial charge in [0.25, 0.3) is 0 Å². The zero-order chi connectivity index (χ0) is 16.7. The molecule has 0 unspecified atom stereocenters. The van der Waals surface area contributed by atoms with Gasteiger partial charge in [-0.1, -0.05) is 29.4 Å². The summed E-state index contributed by atoms with van der Waals surface area (Å²) in [6, 6.07) is 6.36. The van der Waals surface area contributed by atoms with Crippen LogP contribution >= 0.6 is 23.4 Å². The van der Waals surface area contributed by atoms with Crippen LogP contribution in [0.1, 0.15) is 0 Å². The van der Waals surface area contributed by atoms with Gasteiger partial charge in [0.1, 0.15) is 0 Å². The van der Waals surface area contributed by atoms with Gasteiger partial charge in [0.2, 0.25) is 11.1 Å². The molecule has 0 aliphatic heterocycles. The molecule has 2 rings (SSSR count). The predicted octanol–water partition coefficient (Wildman–Crippen LogP) is 1.42. The number of tetrazole rings is 1. The van der Waals surface area contributed by atoms with Gasteiger partial charge in [0.05, 0.1) is 11.4 Å². The lowest BCUT2D eigenvalue weighted by Crippen LogP contribution is -2.40. The lowest BCUT2D eigenvalue weighted by molar-refractivity contribution is -0.117. The number of rotatable bonds is 6. The predicted molar refractivity (Wildman–Crippen MR) is 86.6 cm³/mol. The Hall–Kier alpha value is -2.39. The first kappa shape index (κ1) is 17.0. The van der Waals surface area contributed by atoms with Crippen molar-refractivity contribution in [1.29, 1.82) is 0 Å². The molecule has 0 atom stereocenters. The molecule has 0 bridgehead atoms. The van der Waals surface area contributed by atoms with Crippen LogP contribution in [0.2, 0.25) is 5.02 Å². The minimum Gasteiger partial charge on any atom is -0.334 e. The molecule has 10 heteroatoms. The van der Waals surface area contributed by atoms with E-state index in [0.717, 1.165) is 11.8 Å². The van der Waals surface area contributed by atoms with Crippen LogP contribution < -0.4 is 10.6 Å². The molecule has 0 aliphatic carbocycles. The Morgan fingerprint density at radius 1 is 1.35 bits per heavy atom. The van der Waals surface area contributed by atoms with Gasteiger partial charge in [-0.25, -0.2) is 4.79 Å². The Morgan fingerprint density at radius 2 is 2.09 bits per heavy atom. The molecule has 0 fully saturated rings. The number of aromatic nitrogens is 4. The molecular formula is C13H13ClN6O2S. The van der Waals surface area contributed by atoms with Crippen LogP contribution in [0, 0.1) is 0 Å². The average Bonchev–Trinajstić information content (AvgIpc) is 3.00. The molecule has 8 nitrogen and oxygen atoms in total. The summed E-state index contributed by atoms with van der Waals surface area (Å²) < 4.78 is 1.48. The van der Waals surface area contributed by atoms with Gasteiger partial charge >= 0.3 is 6.03 Å². The first-order chi connectivity index (χ1) is 11.1. The van der Waals surface area contributed by atoms with Crippen molar-refractivity contribution in [3.05, 3.63) is 41.9 Å².